The normalized spacial score (nSPS) is 11.0. The van der Waals surface area contributed by atoms with Crippen molar-refractivity contribution < 1.29 is 18.8 Å². The van der Waals surface area contributed by atoms with E-state index in [1.807, 2.05) is 31.2 Å². The number of carbonyl (C=O) groups excluding carboxylic acids is 2. The Morgan fingerprint density at radius 2 is 1.82 bits per heavy atom. The Hall–Kier alpha value is -2.87. The van der Waals surface area contributed by atoms with Crippen molar-refractivity contribution in [2.75, 3.05) is 11.9 Å². The van der Waals surface area contributed by atoms with Gasteiger partial charge in [-0.15, -0.1) is 11.3 Å². The number of nitrogens with one attached hydrogen (secondary N) is 1. The summed E-state index contributed by atoms with van der Waals surface area (Å²) in [6, 6.07) is 12.4. The second-order valence-electron chi connectivity index (χ2n) is 7.30. The maximum absolute atomic E-state index is 13.4. The highest BCUT2D eigenvalue weighted by atomic mass is 35.5. The Balaban J connectivity index is 1.73. The Labute approximate surface area is 204 Å². The van der Waals surface area contributed by atoms with Crippen molar-refractivity contribution in [3.8, 4) is 11.3 Å². The third-order valence-corrected chi connectivity index (χ3v) is 6.76. The van der Waals surface area contributed by atoms with Gasteiger partial charge in [0.2, 0.25) is 0 Å². The molecule has 6 nitrogen and oxygen atoms in total. The quantitative estimate of drug-likeness (QED) is 0.210. The summed E-state index contributed by atoms with van der Waals surface area (Å²) in [5.41, 5.74) is 1.14. The van der Waals surface area contributed by atoms with Crippen LogP contribution in [0.5, 0.6) is 0 Å². The van der Waals surface area contributed by atoms with Crippen molar-refractivity contribution >= 4 is 61.5 Å². The van der Waals surface area contributed by atoms with Gasteiger partial charge in [0.05, 0.1) is 16.7 Å². The number of carbonyl (C=O) groups is 2. The molecule has 0 radical (unpaired) electrons. The molecular weight excluding hydrogens is 483 g/mol. The van der Waals surface area contributed by atoms with E-state index >= 15 is 0 Å². The van der Waals surface area contributed by atoms with E-state index in [1.54, 1.807) is 25.1 Å². The number of anilines is 1. The third kappa shape index (κ3) is 4.62. The van der Waals surface area contributed by atoms with Crippen LogP contribution in [0.25, 0.3) is 21.3 Å². The summed E-state index contributed by atoms with van der Waals surface area (Å²) in [6.07, 6.45) is 1.67. The molecule has 4 rings (SSSR count). The smallest absolute Gasteiger partial charge is 0.341 e. The van der Waals surface area contributed by atoms with Gasteiger partial charge in [0.1, 0.15) is 27.6 Å². The standard InChI is InChI=1S/C24H20Cl2N2O4S/c1-3-4-12-31-24(30)19-14-8-5-6-11-17(14)33-23(19)27-22(29)18-13(2)32-28-21(18)20-15(25)9-7-10-16(20)26/h5-11H,3-4,12H2,1-2H3,(H,27,29). The number of unbranched alkanes of at least 4 members (excludes halogenated alkanes) is 1. The number of thiophene rings is 1. The number of aromatic nitrogens is 1. The van der Waals surface area contributed by atoms with Crippen molar-refractivity contribution in [2.45, 2.75) is 26.7 Å². The van der Waals surface area contributed by atoms with Gasteiger partial charge in [-0.3, -0.25) is 4.79 Å². The first-order chi connectivity index (χ1) is 15.9. The van der Waals surface area contributed by atoms with Crippen LogP contribution in [0.4, 0.5) is 5.00 Å². The molecule has 0 aliphatic rings. The van der Waals surface area contributed by atoms with Crippen LogP contribution in [0.2, 0.25) is 10.0 Å². The van der Waals surface area contributed by atoms with Crippen LogP contribution >= 0.6 is 34.5 Å². The molecule has 2 aromatic heterocycles. The fourth-order valence-electron chi connectivity index (χ4n) is 3.42. The largest absolute Gasteiger partial charge is 0.462 e. The first-order valence-corrected chi connectivity index (χ1v) is 11.9. The molecule has 0 atom stereocenters. The highest BCUT2D eigenvalue weighted by molar-refractivity contribution is 7.23. The van der Waals surface area contributed by atoms with Crippen molar-refractivity contribution in [3.05, 3.63) is 69.4 Å². The minimum atomic E-state index is -0.492. The average molecular weight is 503 g/mol. The van der Waals surface area contributed by atoms with Crippen LogP contribution in [-0.4, -0.2) is 23.6 Å². The van der Waals surface area contributed by atoms with E-state index in [9.17, 15) is 9.59 Å². The fourth-order valence-corrected chi connectivity index (χ4v) is 5.08. The van der Waals surface area contributed by atoms with E-state index in [-0.39, 0.29) is 11.3 Å². The minimum Gasteiger partial charge on any atom is -0.462 e. The number of halogens is 2. The summed E-state index contributed by atoms with van der Waals surface area (Å²) in [7, 11) is 0. The van der Waals surface area contributed by atoms with Gasteiger partial charge in [-0.05, 0) is 31.5 Å². The summed E-state index contributed by atoms with van der Waals surface area (Å²) in [5, 5.41) is 8.67. The lowest BCUT2D eigenvalue weighted by atomic mass is 10.1. The van der Waals surface area contributed by atoms with Crippen molar-refractivity contribution in [1.29, 1.82) is 0 Å². The molecule has 1 N–H and O–H groups in total. The maximum atomic E-state index is 13.4. The number of fused-ring (bicyclic) bond motifs is 1. The SMILES string of the molecule is CCCCOC(=O)c1c(NC(=O)c2c(-c3c(Cl)cccc3Cl)noc2C)sc2ccccc12. The van der Waals surface area contributed by atoms with Gasteiger partial charge in [0.15, 0.2) is 0 Å². The van der Waals surface area contributed by atoms with Crippen LogP contribution in [0.3, 0.4) is 0 Å². The average Bonchev–Trinajstić information content (AvgIpc) is 3.33. The lowest BCUT2D eigenvalue weighted by Gasteiger charge is -2.09. The Bertz CT molecular complexity index is 1330. The number of rotatable bonds is 7. The van der Waals surface area contributed by atoms with Gasteiger partial charge in [-0.25, -0.2) is 4.79 Å². The van der Waals surface area contributed by atoms with Crippen LogP contribution in [0.15, 0.2) is 47.0 Å². The molecule has 2 aromatic carbocycles. The van der Waals surface area contributed by atoms with Gasteiger partial charge in [0.25, 0.3) is 5.91 Å². The molecule has 0 aliphatic carbocycles. The van der Waals surface area contributed by atoms with Crippen LogP contribution in [-0.2, 0) is 4.74 Å². The van der Waals surface area contributed by atoms with Gasteiger partial charge in [-0.2, -0.15) is 0 Å². The predicted octanol–water partition coefficient (Wildman–Crippen LogP) is 7.38. The number of aryl methyl sites for hydroxylation is 1. The number of amides is 1. The predicted molar refractivity (Wildman–Crippen MR) is 132 cm³/mol. The lowest BCUT2D eigenvalue weighted by molar-refractivity contribution is 0.0503. The molecule has 9 heteroatoms. The van der Waals surface area contributed by atoms with Crippen LogP contribution in [0.1, 0.15) is 46.2 Å². The topological polar surface area (TPSA) is 81.4 Å². The first kappa shape index (κ1) is 23.3. The van der Waals surface area contributed by atoms with E-state index in [0.717, 1.165) is 22.9 Å². The van der Waals surface area contributed by atoms with Crippen molar-refractivity contribution in [1.82, 2.24) is 5.16 Å². The van der Waals surface area contributed by atoms with Crippen LogP contribution in [0, 0.1) is 6.92 Å². The molecule has 0 aliphatic heterocycles. The molecule has 0 bridgehead atoms. The van der Waals surface area contributed by atoms with Gasteiger partial charge >= 0.3 is 5.97 Å². The van der Waals surface area contributed by atoms with Crippen molar-refractivity contribution in [2.24, 2.45) is 0 Å². The molecule has 1 amide bonds. The van der Waals surface area contributed by atoms with E-state index < -0.39 is 11.9 Å². The van der Waals surface area contributed by atoms with Crippen LogP contribution < -0.4 is 5.32 Å². The second kappa shape index (κ2) is 9.95. The van der Waals surface area contributed by atoms with Gasteiger partial charge < -0.3 is 14.6 Å². The van der Waals surface area contributed by atoms with Gasteiger partial charge in [0, 0.05) is 15.6 Å². The Morgan fingerprint density at radius 1 is 1.09 bits per heavy atom. The summed E-state index contributed by atoms with van der Waals surface area (Å²) >= 11 is 14.0. The lowest BCUT2D eigenvalue weighted by Crippen LogP contribution is -2.16. The summed E-state index contributed by atoms with van der Waals surface area (Å²) in [6.45, 7) is 3.96. The first-order valence-electron chi connectivity index (χ1n) is 10.3. The highest BCUT2D eigenvalue weighted by Gasteiger charge is 2.28. The maximum Gasteiger partial charge on any atom is 0.341 e. The number of esters is 1. The second-order valence-corrected chi connectivity index (χ2v) is 9.17. The fraction of sp³-hybridized carbons (Fsp3) is 0.208. The third-order valence-electron chi connectivity index (χ3n) is 5.05. The van der Waals surface area contributed by atoms with E-state index in [4.69, 9.17) is 32.5 Å². The zero-order valence-corrected chi connectivity index (χ0v) is 20.2. The van der Waals surface area contributed by atoms with E-state index in [1.165, 1.54) is 11.3 Å². The number of benzene rings is 2. The summed E-state index contributed by atoms with van der Waals surface area (Å²) in [4.78, 5) is 26.3. The summed E-state index contributed by atoms with van der Waals surface area (Å²) < 4.78 is 11.6. The number of ether oxygens (including phenoxy) is 1. The molecule has 4 aromatic rings. The molecule has 2 heterocycles. The summed E-state index contributed by atoms with van der Waals surface area (Å²) in [5.74, 6) is -0.673. The zero-order valence-electron chi connectivity index (χ0n) is 17.9. The number of hydrogen-bond acceptors (Lipinski definition) is 6. The minimum absolute atomic E-state index is 0.188. The zero-order chi connectivity index (χ0) is 23.5. The molecule has 170 valence electrons. The molecular formula is C24H20Cl2N2O4S. The molecule has 0 saturated heterocycles. The van der Waals surface area contributed by atoms with E-state index in [2.05, 4.69) is 10.5 Å². The molecule has 0 saturated carbocycles. The number of hydrogen-bond donors (Lipinski definition) is 1. The number of nitrogens with zero attached hydrogens (tertiary/aromatic N) is 1. The Kier molecular flexibility index (Phi) is 7.02. The molecule has 0 fully saturated rings. The Morgan fingerprint density at radius 3 is 2.55 bits per heavy atom. The van der Waals surface area contributed by atoms with Gasteiger partial charge in [-0.1, -0.05) is 66.0 Å². The molecule has 0 unspecified atom stereocenters. The molecule has 0 spiro atoms. The van der Waals surface area contributed by atoms with E-state index in [0.29, 0.717) is 38.5 Å². The highest BCUT2D eigenvalue weighted by Crippen LogP contribution is 2.39. The molecule has 33 heavy (non-hydrogen) atoms. The van der Waals surface area contributed by atoms with Crippen molar-refractivity contribution in [3.63, 3.8) is 0 Å². The monoisotopic (exact) mass is 502 g/mol.